The van der Waals surface area contributed by atoms with E-state index in [0.29, 0.717) is 29.7 Å². The highest BCUT2D eigenvalue weighted by molar-refractivity contribution is 7.92. The standard InChI is InChI=1S/C30H33Cl2N5O5S/c1-4-5-14-42-29(38)20-37(43(40,41)26-17-23(31)16-24(32)18-26)25-7-8-27-21(15-25)10-12-36(27)28-9-6-22(19-34-28)30(39)33-11-13-35(2)3/h6-10,12,15-19H,4-5,11,13-14,20H2,1-3H3,(H,33,39). The number of sulfonamides is 1. The lowest BCUT2D eigenvalue weighted by Crippen LogP contribution is -2.36. The van der Waals surface area contributed by atoms with Gasteiger partial charge < -0.3 is 19.5 Å². The van der Waals surface area contributed by atoms with E-state index in [9.17, 15) is 18.0 Å². The Hall–Kier alpha value is -3.64. The van der Waals surface area contributed by atoms with Crippen molar-refractivity contribution in [1.29, 1.82) is 0 Å². The normalized spacial score (nSPS) is 11.6. The smallest absolute Gasteiger partial charge is 0.326 e. The molecule has 4 aromatic rings. The zero-order valence-corrected chi connectivity index (χ0v) is 26.4. The predicted octanol–water partition coefficient (Wildman–Crippen LogP) is 5.16. The Bertz CT molecular complexity index is 1690. The average Bonchev–Trinajstić information content (AvgIpc) is 3.38. The number of carbonyl (C=O) groups excluding carboxylic acids is 2. The Morgan fingerprint density at radius 1 is 1.02 bits per heavy atom. The Morgan fingerprint density at radius 2 is 1.77 bits per heavy atom. The molecule has 0 radical (unpaired) electrons. The summed E-state index contributed by atoms with van der Waals surface area (Å²) in [5.41, 5.74) is 1.44. The number of esters is 1. The minimum absolute atomic E-state index is 0.147. The topological polar surface area (TPSA) is 114 Å². The van der Waals surface area contributed by atoms with Gasteiger partial charge in [-0.2, -0.15) is 0 Å². The van der Waals surface area contributed by atoms with Gasteiger partial charge >= 0.3 is 5.97 Å². The number of halogens is 2. The lowest BCUT2D eigenvalue weighted by Gasteiger charge is -2.24. The van der Waals surface area contributed by atoms with Gasteiger partial charge in [-0.05, 0) is 75.1 Å². The second-order valence-electron chi connectivity index (χ2n) is 10.1. The van der Waals surface area contributed by atoms with E-state index in [4.69, 9.17) is 27.9 Å². The number of hydrogen-bond acceptors (Lipinski definition) is 7. The maximum Gasteiger partial charge on any atom is 0.326 e. The fourth-order valence-electron chi connectivity index (χ4n) is 4.26. The molecule has 0 spiro atoms. The summed E-state index contributed by atoms with van der Waals surface area (Å²) in [6.07, 6.45) is 4.79. The molecule has 0 fully saturated rings. The third kappa shape index (κ3) is 8.05. The monoisotopic (exact) mass is 645 g/mol. The molecule has 0 saturated heterocycles. The number of hydrogen-bond donors (Lipinski definition) is 1. The fraction of sp³-hybridized carbons (Fsp3) is 0.300. The number of nitrogens with one attached hydrogen (secondary N) is 1. The molecule has 13 heteroatoms. The number of pyridine rings is 1. The van der Waals surface area contributed by atoms with Gasteiger partial charge in [0.05, 0.1) is 28.3 Å². The summed E-state index contributed by atoms with van der Waals surface area (Å²) in [5, 5.41) is 3.86. The molecule has 0 aliphatic carbocycles. The lowest BCUT2D eigenvalue weighted by atomic mass is 10.2. The molecule has 0 aliphatic rings. The van der Waals surface area contributed by atoms with E-state index < -0.39 is 22.5 Å². The molecule has 0 atom stereocenters. The molecule has 1 N–H and O–H groups in total. The van der Waals surface area contributed by atoms with Crippen LogP contribution in [-0.2, 0) is 19.6 Å². The Morgan fingerprint density at radius 3 is 2.42 bits per heavy atom. The minimum Gasteiger partial charge on any atom is -0.464 e. The van der Waals surface area contributed by atoms with Gasteiger partial charge in [-0.15, -0.1) is 0 Å². The zero-order valence-electron chi connectivity index (χ0n) is 24.1. The van der Waals surface area contributed by atoms with Crippen LogP contribution in [0.1, 0.15) is 30.1 Å². The van der Waals surface area contributed by atoms with Crippen molar-refractivity contribution in [2.75, 3.05) is 44.6 Å². The number of ether oxygens (including phenoxy) is 1. The molecule has 0 saturated carbocycles. The van der Waals surface area contributed by atoms with Crippen LogP contribution in [0.5, 0.6) is 0 Å². The number of nitrogens with zero attached hydrogens (tertiary/aromatic N) is 4. The van der Waals surface area contributed by atoms with E-state index in [0.717, 1.165) is 22.8 Å². The van der Waals surface area contributed by atoms with Crippen LogP contribution in [-0.4, -0.2) is 75.1 Å². The summed E-state index contributed by atoms with van der Waals surface area (Å²) in [7, 11) is -0.396. The number of rotatable bonds is 13. The molecule has 10 nitrogen and oxygen atoms in total. The molecule has 228 valence electrons. The van der Waals surface area contributed by atoms with Gasteiger partial charge in [0.15, 0.2) is 0 Å². The maximum atomic E-state index is 13.8. The maximum absolute atomic E-state index is 13.8. The number of benzene rings is 2. The Kier molecular flexibility index (Phi) is 10.7. The predicted molar refractivity (Wildman–Crippen MR) is 169 cm³/mol. The summed E-state index contributed by atoms with van der Waals surface area (Å²) in [5.74, 6) is -0.318. The average molecular weight is 647 g/mol. The summed E-state index contributed by atoms with van der Waals surface area (Å²) in [4.78, 5) is 31.4. The number of aromatic nitrogens is 2. The van der Waals surface area contributed by atoms with Crippen molar-refractivity contribution in [3.05, 3.63) is 82.6 Å². The van der Waals surface area contributed by atoms with E-state index in [1.807, 2.05) is 36.6 Å². The third-order valence-corrected chi connectivity index (χ3v) is 8.71. The van der Waals surface area contributed by atoms with Crippen molar-refractivity contribution in [1.82, 2.24) is 19.8 Å². The second kappa shape index (κ2) is 14.2. The number of unbranched alkanes of at least 4 members (excludes halogenated alkanes) is 1. The van der Waals surface area contributed by atoms with Crippen LogP contribution < -0.4 is 9.62 Å². The molecular weight excluding hydrogens is 613 g/mol. The van der Waals surface area contributed by atoms with Crippen LogP contribution in [0.15, 0.2) is 71.9 Å². The molecule has 2 aromatic carbocycles. The van der Waals surface area contributed by atoms with E-state index in [2.05, 4.69) is 10.3 Å². The molecule has 43 heavy (non-hydrogen) atoms. The summed E-state index contributed by atoms with van der Waals surface area (Å²) in [6, 6.07) is 14.2. The largest absolute Gasteiger partial charge is 0.464 e. The Labute approximate surface area is 261 Å². The number of amides is 1. The van der Waals surface area contributed by atoms with Crippen LogP contribution in [0, 0.1) is 0 Å². The first-order valence-electron chi connectivity index (χ1n) is 13.6. The van der Waals surface area contributed by atoms with Gasteiger partial charge in [0, 0.05) is 40.9 Å². The van der Waals surface area contributed by atoms with Crippen molar-refractivity contribution in [2.45, 2.75) is 24.7 Å². The molecule has 0 unspecified atom stereocenters. The van der Waals surface area contributed by atoms with Crippen molar-refractivity contribution in [2.24, 2.45) is 0 Å². The molecule has 0 aliphatic heterocycles. The SMILES string of the molecule is CCCCOC(=O)CN(c1ccc2c(ccn2-c2ccc(C(=O)NCCN(C)C)cn2)c1)S(=O)(=O)c1cc(Cl)cc(Cl)c1. The highest BCUT2D eigenvalue weighted by Gasteiger charge is 2.29. The highest BCUT2D eigenvalue weighted by atomic mass is 35.5. The van der Waals surface area contributed by atoms with E-state index >= 15 is 0 Å². The first kappa shape index (κ1) is 32.3. The van der Waals surface area contributed by atoms with Crippen LogP contribution in [0.2, 0.25) is 10.0 Å². The third-order valence-electron chi connectivity index (χ3n) is 6.52. The Balaban J connectivity index is 1.64. The minimum atomic E-state index is -4.26. The van der Waals surface area contributed by atoms with Crippen molar-refractivity contribution in [3.63, 3.8) is 0 Å². The van der Waals surface area contributed by atoms with Crippen LogP contribution >= 0.6 is 23.2 Å². The number of likely N-dealkylation sites (N-methyl/N-ethyl adjacent to an activating group) is 1. The summed E-state index contributed by atoms with van der Waals surface area (Å²) >= 11 is 12.2. The summed E-state index contributed by atoms with van der Waals surface area (Å²) in [6.45, 7) is 2.86. The number of anilines is 1. The van der Waals surface area contributed by atoms with Crippen molar-refractivity contribution >= 4 is 61.7 Å². The van der Waals surface area contributed by atoms with Gasteiger partial charge in [-0.25, -0.2) is 13.4 Å². The molecule has 2 heterocycles. The van der Waals surface area contributed by atoms with Crippen LogP contribution in [0.4, 0.5) is 5.69 Å². The van der Waals surface area contributed by atoms with E-state index in [1.54, 1.807) is 36.5 Å². The van der Waals surface area contributed by atoms with E-state index in [1.165, 1.54) is 24.4 Å². The quantitative estimate of drug-likeness (QED) is 0.158. The van der Waals surface area contributed by atoms with Gasteiger partial charge in [-0.1, -0.05) is 36.5 Å². The van der Waals surface area contributed by atoms with Gasteiger partial charge in [-0.3, -0.25) is 13.9 Å². The summed E-state index contributed by atoms with van der Waals surface area (Å²) < 4.78 is 35.7. The number of carbonyl (C=O) groups is 2. The number of fused-ring (bicyclic) bond motifs is 1. The van der Waals surface area contributed by atoms with Gasteiger partial charge in [0.2, 0.25) is 0 Å². The molecule has 4 rings (SSSR count). The molecule has 2 aromatic heterocycles. The van der Waals surface area contributed by atoms with E-state index in [-0.39, 0.29) is 33.1 Å². The van der Waals surface area contributed by atoms with Crippen LogP contribution in [0.25, 0.3) is 16.7 Å². The van der Waals surface area contributed by atoms with Crippen molar-refractivity contribution < 1.29 is 22.7 Å². The van der Waals surface area contributed by atoms with Crippen molar-refractivity contribution in [3.8, 4) is 5.82 Å². The van der Waals surface area contributed by atoms with Gasteiger partial charge in [0.1, 0.15) is 12.4 Å². The van der Waals surface area contributed by atoms with Gasteiger partial charge in [0.25, 0.3) is 15.9 Å². The van der Waals surface area contributed by atoms with Crippen LogP contribution in [0.3, 0.4) is 0 Å². The molecule has 1 amide bonds. The lowest BCUT2D eigenvalue weighted by molar-refractivity contribution is -0.141. The fourth-order valence-corrected chi connectivity index (χ4v) is 6.38. The molecular formula is C30H33Cl2N5O5S. The molecule has 0 bridgehead atoms. The first-order valence-corrected chi connectivity index (χ1v) is 15.8. The first-order chi connectivity index (χ1) is 20.5. The highest BCUT2D eigenvalue weighted by Crippen LogP contribution is 2.31. The zero-order chi connectivity index (χ0) is 31.1. The second-order valence-corrected chi connectivity index (χ2v) is 12.8.